The van der Waals surface area contributed by atoms with Crippen molar-refractivity contribution in [2.24, 2.45) is 10.9 Å². The average molecular weight is 361 g/mol. The van der Waals surface area contributed by atoms with E-state index in [2.05, 4.69) is 58.6 Å². The summed E-state index contributed by atoms with van der Waals surface area (Å²) in [7, 11) is 1.84. The van der Waals surface area contributed by atoms with E-state index in [0.717, 1.165) is 44.5 Å². The summed E-state index contributed by atoms with van der Waals surface area (Å²) in [6.07, 6.45) is 3.72. The summed E-state index contributed by atoms with van der Waals surface area (Å²) in [5.41, 5.74) is 1.23. The first-order valence-electron chi connectivity index (χ1n) is 10.1. The van der Waals surface area contributed by atoms with Crippen molar-refractivity contribution in [1.82, 2.24) is 15.5 Å². The number of hydrogen-bond donors (Lipinski definition) is 2. The van der Waals surface area contributed by atoms with Crippen molar-refractivity contribution < 1.29 is 4.74 Å². The van der Waals surface area contributed by atoms with Gasteiger partial charge in [0.2, 0.25) is 0 Å². The molecule has 146 valence electrons. The molecule has 2 unspecified atom stereocenters. The monoisotopic (exact) mass is 360 g/mol. The van der Waals surface area contributed by atoms with Gasteiger partial charge in [0.15, 0.2) is 5.96 Å². The number of ether oxygens (including phenoxy) is 1. The number of aliphatic imine (C=N–C) groups is 1. The molecule has 1 heterocycles. The fourth-order valence-electron chi connectivity index (χ4n) is 3.43. The maximum atomic E-state index is 5.92. The lowest BCUT2D eigenvalue weighted by Crippen LogP contribution is -2.44. The van der Waals surface area contributed by atoms with E-state index < -0.39 is 0 Å². The molecule has 1 aromatic carbocycles. The second kappa shape index (κ2) is 11.9. The van der Waals surface area contributed by atoms with Crippen molar-refractivity contribution in [3.63, 3.8) is 0 Å². The minimum Gasteiger partial charge on any atom is -0.374 e. The number of nitrogens with one attached hydrogen (secondary N) is 2. The Bertz CT molecular complexity index is 520. The third kappa shape index (κ3) is 7.34. The molecule has 2 N–H and O–H groups in total. The molecule has 1 aliphatic heterocycles. The van der Waals surface area contributed by atoms with Crippen molar-refractivity contribution in [3.05, 3.63) is 35.9 Å². The van der Waals surface area contributed by atoms with Crippen LogP contribution in [0.15, 0.2) is 35.3 Å². The Balaban J connectivity index is 1.57. The Kier molecular flexibility index (Phi) is 9.50. The van der Waals surface area contributed by atoms with Gasteiger partial charge in [0.05, 0.1) is 6.10 Å². The van der Waals surface area contributed by atoms with Crippen LogP contribution in [-0.4, -0.2) is 57.2 Å². The molecule has 1 aliphatic rings. The van der Waals surface area contributed by atoms with Crippen LogP contribution in [0.4, 0.5) is 0 Å². The lowest BCUT2D eigenvalue weighted by Gasteiger charge is -2.32. The Hall–Kier alpha value is -1.59. The maximum absolute atomic E-state index is 5.92. The maximum Gasteiger partial charge on any atom is 0.190 e. The molecule has 5 nitrogen and oxygen atoms in total. The molecular weight excluding hydrogens is 324 g/mol. The van der Waals surface area contributed by atoms with E-state index in [9.17, 15) is 0 Å². The lowest BCUT2D eigenvalue weighted by molar-refractivity contribution is 0.0646. The number of rotatable bonds is 9. The van der Waals surface area contributed by atoms with Gasteiger partial charge in [0.1, 0.15) is 0 Å². The van der Waals surface area contributed by atoms with Crippen LogP contribution < -0.4 is 10.6 Å². The molecule has 2 atom stereocenters. The molecule has 26 heavy (non-hydrogen) atoms. The largest absolute Gasteiger partial charge is 0.374 e. The summed E-state index contributed by atoms with van der Waals surface area (Å²) < 4.78 is 5.92. The Morgan fingerprint density at radius 3 is 2.85 bits per heavy atom. The van der Waals surface area contributed by atoms with E-state index in [-0.39, 0.29) is 6.10 Å². The Labute approximate surface area is 159 Å². The van der Waals surface area contributed by atoms with Gasteiger partial charge in [-0.2, -0.15) is 0 Å². The van der Waals surface area contributed by atoms with Crippen LogP contribution in [0.25, 0.3) is 0 Å². The first kappa shape index (κ1) is 20.7. The van der Waals surface area contributed by atoms with Crippen LogP contribution in [0.1, 0.15) is 44.8 Å². The summed E-state index contributed by atoms with van der Waals surface area (Å²) in [6, 6.07) is 10.4. The summed E-state index contributed by atoms with van der Waals surface area (Å²) in [4.78, 5) is 6.87. The normalized spacial score (nSPS) is 20.0. The number of piperidine rings is 1. The number of benzene rings is 1. The zero-order chi connectivity index (χ0) is 18.6. The zero-order valence-corrected chi connectivity index (χ0v) is 16.7. The molecule has 0 saturated carbocycles. The summed E-state index contributed by atoms with van der Waals surface area (Å²) in [5, 5.41) is 6.87. The van der Waals surface area contributed by atoms with Crippen LogP contribution in [0.3, 0.4) is 0 Å². The topological polar surface area (TPSA) is 48.9 Å². The van der Waals surface area contributed by atoms with Crippen LogP contribution in [-0.2, 0) is 4.74 Å². The van der Waals surface area contributed by atoms with E-state index >= 15 is 0 Å². The third-order valence-electron chi connectivity index (χ3n) is 5.08. The molecule has 0 aromatic heterocycles. The van der Waals surface area contributed by atoms with E-state index in [0.29, 0.717) is 0 Å². The van der Waals surface area contributed by atoms with E-state index in [1.807, 2.05) is 13.1 Å². The Morgan fingerprint density at radius 2 is 2.12 bits per heavy atom. The molecule has 0 spiro atoms. The van der Waals surface area contributed by atoms with Gasteiger partial charge in [0, 0.05) is 33.3 Å². The van der Waals surface area contributed by atoms with E-state index in [1.165, 1.54) is 31.5 Å². The molecule has 1 aromatic rings. The number of likely N-dealkylation sites (tertiary alicyclic amines) is 1. The zero-order valence-electron chi connectivity index (χ0n) is 16.7. The van der Waals surface area contributed by atoms with Crippen molar-refractivity contribution in [2.75, 3.05) is 46.4 Å². The van der Waals surface area contributed by atoms with Gasteiger partial charge >= 0.3 is 0 Å². The summed E-state index contributed by atoms with van der Waals surface area (Å²) in [6.45, 7) is 10.6. The SMILES string of the molecule is CCN1CCCC(CNC(=NC)NCCCOC(C)c2ccccc2)C1. The highest BCUT2D eigenvalue weighted by molar-refractivity contribution is 5.79. The second-order valence-electron chi connectivity index (χ2n) is 7.06. The van der Waals surface area contributed by atoms with E-state index in [1.54, 1.807) is 0 Å². The molecular formula is C21H36N4O. The highest BCUT2D eigenvalue weighted by atomic mass is 16.5. The van der Waals surface area contributed by atoms with Crippen molar-refractivity contribution in [2.45, 2.75) is 39.2 Å². The molecule has 2 rings (SSSR count). The molecule has 1 saturated heterocycles. The molecule has 0 radical (unpaired) electrons. The quantitative estimate of drug-likeness (QED) is 0.404. The fourth-order valence-corrected chi connectivity index (χ4v) is 3.43. The number of guanidine groups is 1. The molecule has 1 fully saturated rings. The minimum atomic E-state index is 0.140. The van der Waals surface area contributed by atoms with Crippen molar-refractivity contribution in [3.8, 4) is 0 Å². The summed E-state index contributed by atoms with van der Waals surface area (Å²) >= 11 is 0. The molecule has 5 heteroatoms. The van der Waals surface area contributed by atoms with Crippen molar-refractivity contribution >= 4 is 5.96 Å². The molecule has 0 amide bonds. The average Bonchev–Trinajstić information content (AvgIpc) is 2.70. The fraction of sp³-hybridized carbons (Fsp3) is 0.667. The number of hydrogen-bond acceptors (Lipinski definition) is 3. The highest BCUT2D eigenvalue weighted by Crippen LogP contribution is 2.16. The van der Waals surface area contributed by atoms with Gasteiger partial charge in [-0.15, -0.1) is 0 Å². The second-order valence-corrected chi connectivity index (χ2v) is 7.06. The van der Waals surface area contributed by atoms with Crippen LogP contribution in [0.2, 0.25) is 0 Å². The van der Waals surface area contributed by atoms with Crippen molar-refractivity contribution in [1.29, 1.82) is 0 Å². The van der Waals surface area contributed by atoms with Crippen LogP contribution in [0, 0.1) is 5.92 Å². The first-order valence-corrected chi connectivity index (χ1v) is 10.1. The predicted octanol–water partition coefficient (Wildman–Crippen LogP) is 3.05. The predicted molar refractivity (Wildman–Crippen MR) is 110 cm³/mol. The standard InChI is InChI=1S/C21H36N4O/c1-4-25-14-8-10-19(17-25)16-24-21(22-3)23-13-9-15-26-18(2)20-11-6-5-7-12-20/h5-7,11-12,18-19H,4,8-10,13-17H2,1-3H3,(H2,22,23,24). The molecule has 0 aliphatic carbocycles. The third-order valence-corrected chi connectivity index (χ3v) is 5.08. The minimum absolute atomic E-state index is 0.140. The van der Waals surface area contributed by atoms with Crippen LogP contribution in [0.5, 0.6) is 0 Å². The van der Waals surface area contributed by atoms with Gasteiger partial charge < -0.3 is 20.3 Å². The lowest BCUT2D eigenvalue weighted by atomic mass is 9.98. The first-order chi connectivity index (χ1) is 12.7. The van der Waals surface area contributed by atoms with Crippen LogP contribution >= 0.6 is 0 Å². The molecule has 0 bridgehead atoms. The van der Waals surface area contributed by atoms with Gasteiger partial charge in [-0.05, 0) is 50.8 Å². The van der Waals surface area contributed by atoms with Gasteiger partial charge in [-0.3, -0.25) is 4.99 Å². The van der Waals surface area contributed by atoms with Gasteiger partial charge in [-0.1, -0.05) is 37.3 Å². The highest BCUT2D eigenvalue weighted by Gasteiger charge is 2.18. The summed E-state index contributed by atoms with van der Waals surface area (Å²) in [5.74, 6) is 1.62. The van der Waals surface area contributed by atoms with E-state index in [4.69, 9.17) is 4.74 Å². The smallest absolute Gasteiger partial charge is 0.190 e. The van der Waals surface area contributed by atoms with Gasteiger partial charge in [-0.25, -0.2) is 0 Å². The number of nitrogens with zero attached hydrogens (tertiary/aromatic N) is 2. The Morgan fingerprint density at radius 1 is 1.31 bits per heavy atom. The van der Waals surface area contributed by atoms with Gasteiger partial charge in [0.25, 0.3) is 0 Å².